The van der Waals surface area contributed by atoms with E-state index >= 15 is 0 Å². The van der Waals surface area contributed by atoms with Gasteiger partial charge in [0.05, 0.1) is 45.7 Å². The van der Waals surface area contributed by atoms with E-state index in [1.54, 1.807) is 37.4 Å². The Balaban J connectivity index is 1.88. The van der Waals surface area contributed by atoms with Gasteiger partial charge in [-0.25, -0.2) is 4.79 Å². The number of rotatable bonds is 6. The molecule has 0 aliphatic carbocycles. The van der Waals surface area contributed by atoms with Crippen LogP contribution >= 0.6 is 0 Å². The van der Waals surface area contributed by atoms with Crippen LogP contribution in [0.4, 0.5) is 0 Å². The fourth-order valence-corrected chi connectivity index (χ4v) is 3.33. The number of aromatic amines is 2. The van der Waals surface area contributed by atoms with Gasteiger partial charge < -0.3 is 28.9 Å². The number of methoxy groups -OCH3 is 4. The minimum atomic E-state index is -0.691. The standard InChI is InChI=1S/C21H20N4O6/c1-28-11-5-6-15-13(7-11)18-19(23-15)20(26)25(21(27)24-18)22-10-14-16(30-3)8-12(29-2)9-17(14)31-4/h5-10,23H,1-4H3,(H,24,27)/b22-10-. The lowest BCUT2D eigenvalue weighted by molar-refractivity contribution is 0.374. The van der Waals surface area contributed by atoms with Crippen molar-refractivity contribution in [2.45, 2.75) is 0 Å². The molecule has 0 fully saturated rings. The van der Waals surface area contributed by atoms with Crippen LogP contribution in [0, 0.1) is 0 Å². The number of nitrogens with zero attached hydrogens (tertiary/aromatic N) is 2. The Morgan fingerprint density at radius 3 is 2.13 bits per heavy atom. The first-order chi connectivity index (χ1) is 15.0. The minimum Gasteiger partial charge on any atom is -0.497 e. The van der Waals surface area contributed by atoms with Gasteiger partial charge in [0.1, 0.15) is 28.5 Å². The lowest BCUT2D eigenvalue weighted by atomic mass is 10.2. The van der Waals surface area contributed by atoms with E-state index in [-0.39, 0.29) is 5.52 Å². The Labute approximate surface area is 175 Å². The van der Waals surface area contributed by atoms with Crippen molar-refractivity contribution in [2.75, 3.05) is 28.4 Å². The molecule has 0 aliphatic heterocycles. The van der Waals surface area contributed by atoms with E-state index in [2.05, 4.69) is 15.1 Å². The van der Waals surface area contributed by atoms with Crippen LogP contribution in [0.1, 0.15) is 5.56 Å². The minimum absolute atomic E-state index is 0.216. The first kappa shape index (κ1) is 20.1. The summed E-state index contributed by atoms with van der Waals surface area (Å²) < 4.78 is 21.9. The number of benzene rings is 2. The summed E-state index contributed by atoms with van der Waals surface area (Å²) in [5.41, 5.74) is 0.437. The summed E-state index contributed by atoms with van der Waals surface area (Å²) in [6, 6.07) is 8.56. The molecule has 0 aliphatic rings. The van der Waals surface area contributed by atoms with Crippen LogP contribution in [0.25, 0.3) is 21.9 Å². The molecule has 0 saturated heterocycles. The molecule has 4 rings (SSSR count). The molecule has 0 bridgehead atoms. The average molecular weight is 424 g/mol. The molecular weight excluding hydrogens is 404 g/mol. The predicted octanol–water partition coefficient (Wildman–Crippen LogP) is 2.09. The molecule has 31 heavy (non-hydrogen) atoms. The van der Waals surface area contributed by atoms with Gasteiger partial charge in [-0.15, -0.1) is 4.68 Å². The Bertz CT molecular complexity index is 1400. The predicted molar refractivity (Wildman–Crippen MR) is 116 cm³/mol. The summed E-state index contributed by atoms with van der Waals surface area (Å²) >= 11 is 0. The molecule has 10 heteroatoms. The highest BCUT2D eigenvalue weighted by atomic mass is 16.5. The summed E-state index contributed by atoms with van der Waals surface area (Å²) in [4.78, 5) is 31.4. The number of nitrogens with one attached hydrogen (secondary N) is 2. The van der Waals surface area contributed by atoms with E-state index in [0.29, 0.717) is 45.0 Å². The molecule has 160 valence electrons. The van der Waals surface area contributed by atoms with Gasteiger partial charge >= 0.3 is 11.2 Å². The van der Waals surface area contributed by atoms with Gasteiger partial charge in [-0.05, 0) is 18.2 Å². The van der Waals surface area contributed by atoms with E-state index in [1.165, 1.54) is 27.5 Å². The van der Waals surface area contributed by atoms with Crippen molar-refractivity contribution in [1.82, 2.24) is 14.6 Å². The number of H-pyrrole nitrogens is 2. The third-order valence-electron chi connectivity index (χ3n) is 4.89. The van der Waals surface area contributed by atoms with Gasteiger partial charge in [0.25, 0.3) is 0 Å². The number of hydrogen-bond donors (Lipinski definition) is 2. The Morgan fingerprint density at radius 2 is 1.52 bits per heavy atom. The molecule has 4 aromatic rings. The third kappa shape index (κ3) is 3.37. The molecule has 0 unspecified atom stereocenters. The fraction of sp³-hybridized carbons (Fsp3) is 0.190. The highest BCUT2D eigenvalue weighted by molar-refractivity contribution is 6.04. The lowest BCUT2D eigenvalue weighted by Crippen LogP contribution is -2.32. The van der Waals surface area contributed by atoms with E-state index in [4.69, 9.17) is 18.9 Å². The number of fused-ring (bicyclic) bond motifs is 3. The van der Waals surface area contributed by atoms with E-state index in [0.717, 1.165) is 4.68 Å². The average Bonchev–Trinajstić information content (AvgIpc) is 3.16. The Hall–Kier alpha value is -4.21. The number of aromatic nitrogens is 3. The molecule has 0 atom stereocenters. The van der Waals surface area contributed by atoms with Gasteiger partial charge in [-0.3, -0.25) is 4.79 Å². The highest BCUT2D eigenvalue weighted by Crippen LogP contribution is 2.32. The van der Waals surface area contributed by atoms with Crippen molar-refractivity contribution >= 4 is 28.2 Å². The van der Waals surface area contributed by atoms with Crippen LogP contribution in [-0.4, -0.2) is 49.3 Å². The molecule has 2 aromatic carbocycles. The second-order valence-corrected chi connectivity index (χ2v) is 6.52. The van der Waals surface area contributed by atoms with Gasteiger partial charge in [-0.1, -0.05) is 0 Å². The van der Waals surface area contributed by atoms with Crippen molar-refractivity contribution in [3.63, 3.8) is 0 Å². The van der Waals surface area contributed by atoms with Gasteiger partial charge in [0, 0.05) is 23.0 Å². The molecule has 0 spiro atoms. The molecule has 0 amide bonds. The smallest absolute Gasteiger partial charge is 0.350 e. The van der Waals surface area contributed by atoms with Crippen LogP contribution in [0.3, 0.4) is 0 Å². The van der Waals surface area contributed by atoms with Gasteiger partial charge in [0.2, 0.25) is 0 Å². The van der Waals surface area contributed by atoms with Crippen LogP contribution in [0.5, 0.6) is 23.0 Å². The van der Waals surface area contributed by atoms with Crippen molar-refractivity contribution in [3.8, 4) is 23.0 Å². The molecule has 0 radical (unpaired) electrons. The van der Waals surface area contributed by atoms with Crippen LogP contribution < -0.4 is 30.2 Å². The summed E-state index contributed by atoms with van der Waals surface area (Å²) in [7, 11) is 6.03. The molecule has 2 heterocycles. The zero-order valence-corrected chi connectivity index (χ0v) is 17.3. The Kier molecular flexibility index (Phi) is 5.12. The number of hydrogen-bond acceptors (Lipinski definition) is 7. The second-order valence-electron chi connectivity index (χ2n) is 6.52. The van der Waals surface area contributed by atoms with Crippen molar-refractivity contribution in [1.29, 1.82) is 0 Å². The second kappa shape index (κ2) is 7.90. The fourth-order valence-electron chi connectivity index (χ4n) is 3.33. The zero-order valence-electron chi connectivity index (χ0n) is 17.3. The zero-order chi connectivity index (χ0) is 22.1. The van der Waals surface area contributed by atoms with Crippen LogP contribution in [-0.2, 0) is 0 Å². The van der Waals surface area contributed by atoms with Crippen molar-refractivity contribution in [2.24, 2.45) is 5.10 Å². The van der Waals surface area contributed by atoms with Gasteiger partial charge in [0.15, 0.2) is 0 Å². The first-order valence-electron chi connectivity index (χ1n) is 9.19. The maximum Gasteiger partial charge on any atom is 0.350 e. The monoisotopic (exact) mass is 424 g/mol. The number of ether oxygens (including phenoxy) is 4. The normalized spacial score (nSPS) is 11.4. The van der Waals surface area contributed by atoms with Crippen molar-refractivity contribution in [3.05, 3.63) is 56.7 Å². The first-order valence-corrected chi connectivity index (χ1v) is 9.19. The van der Waals surface area contributed by atoms with E-state index < -0.39 is 11.2 Å². The summed E-state index contributed by atoms with van der Waals surface area (Å²) in [6.07, 6.45) is 1.32. The van der Waals surface area contributed by atoms with Gasteiger partial charge in [-0.2, -0.15) is 5.10 Å². The van der Waals surface area contributed by atoms with Crippen LogP contribution in [0.2, 0.25) is 0 Å². The third-order valence-corrected chi connectivity index (χ3v) is 4.89. The van der Waals surface area contributed by atoms with Crippen molar-refractivity contribution < 1.29 is 18.9 Å². The summed E-state index contributed by atoms with van der Waals surface area (Å²) in [5.74, 6) is 1.94. The Morgan fingerprint density at radius 1 is 0.839 bits per heavy atom. The summed E-state index contributed by atoms with van der Waals surface area (Å²) in [6.45, 7) is 0. The quantitative estimate of drug-likeness (QED) is 0.458. The molecule has 10 nitrogen and oxygen atoms in total. The van der Waals surface area contributed by atoms with E-state index in [9.17, 15) is 9.59 Å². The topological polar surface area (TPSA) is 120 Å². The summed E-state index contributed by atoms with van der Waals surface area (Å²) in [5, 5.41) is 4.76. The SMILES string of the molecule is COc1cc(OC)c(/C=N\n2c(=O)[nH]c3c([nH]c4ccc(OC)cc43)c2=O)c(OC)c1. The maximum absolute atomic E-state index is 13.0. The lowest BCUT2D eigenvalue weighted by Gasteiger charge is -2.12. The highest BCUT2D eigenvalue weighted by Gasteiger charge is 2.15. The molecule has 2 N–H and O–H groups in total. The largest absolute Gasteiger partial charge is 0.497 e. The van der Waals surface area contributed by atoms with E-state index in [1.807, 2.05) is 0 Å². The molecule has 0 saturated carbocycles. The molecule has 2 aromatic heterocycles. The van der Waals surface area contributed by atoms with Crippen LogP contribution in [0.15, 0.2) is 45.0 Å². The maximum atomic E-state index is 13.0. The molecular formula is C21H20N4O6.